The van der Waals surface area contributed by atoms with Gasteiger partial charge in [0.05, 0.1) is 11.0 Å². The Labute approximate surface area is 79.5 Å². The second-order valence-electron chi connectivity index (χ2n) is 2.44. The minimum absolute atomic E-state index is 0.586. The highest BCUT2D eigenvalue weighted by molar-refractivity contribution is 6.43. The van der Waals surface area contributed by atoms with E-state index in [0.717, 1.165) is 11.0 Å². The first-order valence-electron chi connectivity index (χ1n) is 3.50. The summed E-state index contributed by atoms with van der Waals surface area (Å²) < 4.78 is 0. The van der Waals surface area contributed by atoms with Gasteiger partial charge in [0.25, 0.3) is 0 Å². The van der Waals surface area contributed by atoms with Crippen LogP contribution in [-0.2, 0) is 0 Å². The van der Waals surface area contributed by atoms with E-state index < -0.39 is 4.84 Å². The molecule has 1 aromatic heterocycles. The van der Waals surface area contributed by atoms with E-state index in [-0.39, 0.29) is 0 Å². The summed E-state index contributed by atoms with van der Waals surface area (Å²) in [6, 6.07) is 7.69. The van der Waals surface area contributed by atoms with Crippen molar-refractivity contribution in [2.45, 2.75) is 4.84 Å². The lowest BCUT2D eigenvalue weighted by molar-refractivity contribution is 1.11. The largest absolute Gasteiger partial charge is 0.340 e. The van der Waals surface area contributed by atoms with E-state index in [1.165, 1.54) is 0 Å². The maximum atomic E-state index is 5.65. The Morgan fingerprint density at radius 3 is 2.67 bits per heavy atom. The van der Waals surface area contributed by atoms with Gasteiger partial charge >= 0.3 is 0 Å². The highest BCUT2D eigenvalue weighted by atomic mass is 35.5. The normalized spacial score (nSPS) is 11.2. The van der Waals surface area contributed by atoms with Gasteiger partial charge in [-0.05, 0) is 12.1 Å². The molecule has 1 aromatic carbocycles. The number of aromatic nitrogens is 2. The molecule has 0 fully saturated rings. The number of fused-ring (bicyclic) bond motifs is 1. The number of para-hydroxylation sites is 2. The molecule has 0 saturated heterocycles. The third kappa shape index (κ3) is 1.28. The van der Waals surface area contributed by atoms with Gasteiger partial charge in [0.15, 0.2) is 4.84 Å². The van der Waals surface area contributed by atoms with Crippen LogP contribution in [0.2, 0.25) is 0 Å². The molecule has 4 heteroatoms. The molecular formula is C8H6Cl2N2. The number of imidazole rings is 1. The third-order valence-corrected chi connectivity index (χ3v) is 2.03. The maximum Gasteiger partial charge on any atom is 0.165 e. The molecule has 0 unspecified atom stereocenters. The van der Waals surface area contributed by atoms with Crippen molar-refractivity contribution >= 4 is 34.2 Å². The number of alkyl halides is 2. The van der Waals surface area contributed by atoms with Gasteiger partial charge in [-0.3, -0.25) is 0 Å². The van der Waals surface area contributed by atoms with E-state index in [2.05, 4.69) is 9.97 Å². The average molecular weight is 201 g/mol. The number of nitrogens with one attached hydrogen (secondary N) is 1. The number of aromatic amines is 1. The first kappa shape index (κ1) is 7.90. The van der Waals surface area contributed by atoms with Crippen LogP contribution >= 0.6 is 23.2 Å². The molecule has 0 radical (unpaired) electrons. The molecule has 62 valence electrons. The smallest absolute Gasteiger partial charge is 0.165 e. The van der Waals surface area contributed by atoms with Crippen LogP contribution in [0, 0.1) is 0 Å². The SMILES string of the molecule is ClC(Cl)c1nc2ccccc2[nH]1. The number of halogens is 2. The lowest BCUT2D eigenvalue weighted by Crippen LogP contribution is -1.82. The number of benzene rings is 1. The van der Waals surface area contributed by atoms with Gasteiger partial charge in [-0.1, -0.05) is 35.3 Å². The molecule has 0 amide bonds. The average Bonchev–Trinajstić information content (AvgIpc) is 2.46. The van der Waals surface area contributed by atoms with Gasteiger partial charge in [-0.2, -0.15) is 0 Å². The van der Waals surface area contributed by atoms with Crippen LogP contribution < -0.4 is 0 Å². The van der Waals surface area contributed by atoms with E-state index in [1.807, 2.05) is 24.3 Å². The van der Waals surface area contributed by atoms with Crippen molar-refractivity contribution in [2.75, 3.05) is 0 Å². The highest BCUT2D eigenvalue weighted by Crippen LogP contribution is 2.23. The second-order valence-corrected chi connectivity index (χ2v) is 3.54. The fraction of sp³-hybridized carbons (Fsp3) is 0.125. The summed E-state index contributed by atoms with van der Waals surface area (Å²) in [4.78, 5) is 6.63. The molecule has 2 aromatic rings. The first-order chi connectivity index (χ1) is 5.77. The molecule has 0 aliphatic rings. The highest BCUT2D eigenvalue weighted by Gasteiger charge is 2.07. The molecule has 1 N–H and O–H groups in total. The van der Waals surface area contributed by atoms with Crippen LogP contribution in [0.15, 0.2) is 24.3 Å². The summed E-state index contributed by atoms with van der Waals surface area (Å²) in [6.45, 7) is 0. The molecule has 2 nitrogen and oxygen atoms in total. The summed E-state index contributed by atoms with van der Waals surface area (Å²) in [5, 5.41) is 0. The topological polar surface area (TPSA) is 28.7 Å². The van der Waals surface area contributed by atoms with Crippen molar-refractivity contribution in [3.63, 3.8) is 0 Å². The fourth-order valence-electron chi connectivity index (χ4n) is 1.08. The van der Waals surface area contributed by atoms with Gasteiger partial charge in [-0.15, -0.1) is 0 Å². The minimum Gasteiger partial charge on any atom is -0.340 e. The Hall–Kier alpha value is -0.730. The van der Waals surface area contributed by atoms with Crippen LogP contribution in [-0.4, -0.2) is 9.97 Å². The van der Waals surface area contributed by atoms with E-state index in [4.69, 9.17) is 23.2 Å². The van der Waals surface area contributed by atoms with E-state index in [0.29, 0.717) is 5.82 Å². The lowest BCUT2D eigenvalue weighted by atomic mass is 10.3. The van der Waals surface area contributed by atoms with Crippen molar-refractivity contribution in [3.8, 4) is 0 Å². The van der Waals surface area contributed by atoms with Gasteiger partial charge in [0.1, 0.15) is 5.82 Å². The maximum absolute atomic E-state index is 5.65. The lowest BCUT2D eigenvalue weighted by Gasteiger charge is -1.90. The molecule has 1 heterocycles. The summed E-state index contributed by atoms with van der Waals surface area (Å²) in [5.74, 6) is 0.597. The predicted octanol–water partition coefficient (Wildman–Crippen LogP) is 3.04. The summed E-state index contributed by atoms with van der Waals surface area (Å²) in [5.41, 5.74) is 1.85. The molecule has 12 heavy (non-hydrogen) atoms. The molecule has 0 aliphatic carbocycles. The van der Waals surface area contributed by atoms with Crippen molar-refractivity contribution in [1.29, 1.82) is 0 Å². The monoisotopic (exact) mass is 200 g/mol. The quantitative estimate of drug-likeness (QED) is 0.705. The summed E-state index contributed by atoms with van der Waals surface area (Å²) in [7, 11) is 0. The van der Waals surface area contributed by atoms with Crippen LogP contribution in [0.1, 0.15) is 10.7 Å². The minimum atomic E-state index is -0.586. The zero-order chi connectivity index (χ0) is 8.55. The van der Waals surface area contributed by atoms with Crippen LogP contribution in [0.5, 0.6) is 0 Å². The van der Waals surface area contributed by atoms with Crippen LogP contribution in [0.3, 0.4) is 0 Å². The van der Waals surface area contributed by atoms with E-state index in [1.54, 1.807) is 0 Å². The molecule has 2 rings (SSSR count). The second kappa shape index (κ2) is 2.96. The zero-order valence-corrected chi connectivity index (χ0v) is 7.60. The van der Waals surface area contributed by atoms with Crippen molar-refractivity contribution < 1.29 is 0 Å². The number of hydrogen-bond donors (Lipinski definition) is 1. The van der Waals surface area contributed by atoms with E-state index >= 15 is 0 Å². The van der Waals surface area contributed by atoms with Gasteiger partial charge in [-0.25, -0.2) is 4.98 Å². The summed E-state index contributed by atoms with van der Waals surface area (Å²) >= 11 is 11.3. The Morgan fingerprint density at radius 2 is 2.00 bits per heavy atom. The Morgan fingerprint density at radius 1 is 1.25 bits per heavy atom. The standard InChI is InChI=1S/C8H6Cl2N2/c9-7(10)8-11-5-3-1-2-4-6(5)12-8/h1-4,7H,(H,11,12). The Bertz CT molecular complexity index is 362. The molecular weight excluding hydrogens is 195 g/mol. The molecule has 0 spiro atoms. The van der Waals surface area contributed by atoms with Gasteiger partial charge in [0, 0.05) is 0 Å². The fourth-order valence-corrected chi connectivity index (χ4v) is 1.28. The first-order valence-corrected chi connectivity index (χ1v) is 4.37. The summed E-state index contributed by atoms with van der Waals surface area (Å²) in [6.07, 6.45) is 0. The molecule has 0 bridgehead atoms. The molecule has 0 aliphatic heterocycles. The van der Waals surface area contributed by atoms with Crippen molar-refractivity contribution in [2.24, 2.45) is 0 Å². The zero-order valence-electron chi connectivity index (χ0n) is 6.09. The third-order valence-electron chi connectivity index (χ3n) is 1.61. The number of hydrogen-bond acceptors (Lipinski definition) is 1. The Kier molecular flexibility index (Phi) is 1.95. The van der Waals surface area contributed by atoms with Crippen molar-refractivity contribution in [3.05, 3.63) is 30.1 Å². The number of rotatable bonds is 1. The van der Waals surface area contributed by atoms with E-state index in [9.17, 15) is 0 Å². The van der Waals surface area contributed by atoms with Gasteiger partial charge in [0.2, 0.25) is 0 Å². The van der Waals surface area contributed by atoms with Gasteiger partial charge < -0.3 is 4.98 Å². The molecule has 0 saturated carbocycles. The van der Waals surface area contributed by atoms with Crippen LogP contribution in [0.25, 0.3) is 11.0 Å². The van der Waals surface area contributed by atoms with Crippen LogP contribution in [0.4, 0.5) is 0 Å². The predicted molar refractivity (Wildman–Crippen MR) is 50.5 cm³/mol. The van der Waals surface area contributed by atoms with Crippen molar-refractivity contribution in [1.82, 2.24) is 9.97 Å². The Balaban J connectivity index is 2.62. The molecule has 0 atom stereocenters. The number of H-pyrrole nitrogens is 1. The number of nitrogens with zero attached hydrogens (tertiary/aromatic N) is 1.